The van der Waals surface area contributed by atoms with Crippen molar-refractivity contribution in [2.75, 3.05) is 5.88 Å². The van der Waals surface area contributed by atoms with Crippen LogP contribution < -0.4 is 5.32 Å². The van der Waals surface area contributed by atoms with Crippen LogP contribution in [0.1, 0.15) is 19.4 Å². The highest BCUT2D eigenvalue weighted by molar-refractivity contribution is 8.01. The van der Waals surface area contributed by atoms with Gasteiger partial charge in [-0.25, -0.2) is 4.79 Å². The summed E-state index contributed by atoms with van der Waals surface area (Å²) in [6.07, 6.45) is 0. The first-order valence-electron chi connectivity index (χ1n) is 8.41. The van der Waals surface area contributed by atoms with Crippen molar-refractivity contribution in [2.45, 2.75) is 42.7 Å². The summed E-state index contributed by atoms with van der Waals surface area (Å²) in [5.41, 5.74) is 0.545. The van der Waals surface area contributed by atoms with Crippen molar-refractivity contribution >= 4 is 46.8 Å². The Morgan fingerprint density at radius 3 is 2.57 bits per heavy atom. The van der Waals surface area contributed by atoms with Gasteiger partial charge in [0.2, 0.25) is 11.8 Å². The molecule has 0 radical (unpaired) electrons. The van der Waals surface area contributed by atoms with Crippen molar-refractivity contribution < 1.29 is 24.0 Å². The molecule has 2 aliphatic rings. The Kier molecular flexibility index (Phi) is 5.53. The topological polar surface area (TPSA) is 119 Å². The average Bonchev–Trinajstić information content (AvgIpc) is 2.92. The number of nitrogens with one attached hydrogen (secondary N) is 1. The number of alkyl halides is 1. The van der Waals surface area contributed by atoms with Crippen molar-refractivity contribution in [3.8, 4) is 0 Å². The van der Waals surface area contributed by atoms with Gasteiger partial charge in [-0.2, -0.15) is 0 Å². The predicted molar refractivity (Wildman–Crippen MR) is 102 cm³/mol. The Labute approximate surface area is 169 Å². The molecule has 1 aromatic carbocycles. The molecule has 11 heteroatoms. The standard InChI is InChI=1S/C17H18ClN3O6S/c1-17(2)13(20-14(23)12(15(20)28-17)19-11(22)7-18)16(24)27-8-9-3-5-10(6-4-9)21(25)26/h3-6,12-13,15H,7-8H2,1-2H3,(H,19,22)/t12?,13-,15+/m0/s1. The van der Waals surface area contributed by atoms with Gasteiger partial charge in [0.05, 0.1) is 4.92 Å². The summed E-state index contributed by atoms with van der Waals surface area (Å²) in [6, 6.07) is 4.18. The number of carbonyl (C=O) groups excluding carboxylic acids is 3. The van der Waals surface area contributed by atoms with E-state index >= 15 is 0 Å². The number of hydrogen-bond acceptors (Lipinski definition) is 7. The molecule has 3 atom stereocenters. The fourth-order valence-electron chi connectivity index (χ4n) is 3.29. The van der Waals surface area contributed by atoms with Crippen LogP contribution in [0.4, 0.5) is 5.69 Å². The fraction of sp³-hybridized carbons (Fsp3) is 0.471. The molecule has 0 aliphatic carbocycles. The quantitative estimate of drug-likeness (QED) is 0.240. The summed E-state index contributed by atoms with van der Waals surface area (Å²) in [5.74, 6) is -1.60. The molecule has 2 saturated heterocycles. The highest BCUT2D eigenvalue weighted by Crippen LogP contribution is 2.51. The molecule has 2 amide bonds. The van der Waals surface area contributed by atoms with Crippen molar-refractivity contribution in [1.82, 2.24) is 10.2 Å². The van der Waals surface area contributed by atoms with Crippen LogP contribution in [-0.4, -0.2) is 55.7 Å². The minimum Gasteiger partial charge on any atom is -0.459 e. The van der Waals surface area contributed by atoms with E-state index in [-0.39, 0.29) is 29.5 Å². The number of β-lactam (4-membered cyclic amide) rings is 1. The Morgan fingerprint density at radius 1 is 1.36 bits per heavy atom. The van der Waals surface area contributed by atoms with Crippen molar-refractivity contribution in [3.63, 3.8) is 0 Å². The van der Waals surface area contributed by atoms with Crippen LogP contribution in [0.2, 0.25) is 0 Å². The third-order valence-corrected chi connectivity index (χ3v) is 6.44. The molecular formula is C17H18ClN3O6S. The fourth-order valence-corrected chi connectivity index (χ4v) is 4.98. The maximum Gasteiger partial charge on any atom is 0.330 e. The second kappa shape index (κ2) is 7.59. The van der Waals surface area contributed by atoms with Gasteiger partial charge in [-0.05, 0) is 31.5 Å². The zero-order valence-corrected chi connectivity index (χ0v) is 16.7. The lowest BCUT2D eigenvalue weighted by atomic mass is 9.96. The van der Waals surface area contributed by atoms with Gasteiger partial charge in [0.1, 0.15) is 29.9 Å². The first-order chi connectivity index (χ1) is 13.2. The van der Waals surface area contributed by atoms with Gasteiger partial charge in [-0.15, -0.1) is 23.4 Å². The monoisotopic (exact) mass is 427 g/mol. The number of benzene rings is 1. The summed E-state index contributed by atoms with van der Waals surface area (Å²) in [5, 5.41) is 12.9. The summed E-state index contributed by atoms with van der Waals surface area (Å²) < 4.78 is 4.76. The van der Waals surface area contributed by atoms with E-state index in [1.807, 2.05) is 13.8 Å². The van der Waals surface area contributed by atoms with Crippen LogP contribution >= 0.6 is 23.4 Å². The van der Waals surface area contributed by atoms with E-state index in [2.05, 4.69) is 5.32 Å². The maximum atomic E-state index is 12.7. The van der Waals surface area contributed by atoms with E-state index in [0.717, 1.165) is 0 Å². The van der Waals surface area contributed by atoms with E-state index in [9.17, 15) is 24.5 Å². The first-order valence-corrected chi connectivity index (χ1v) is 9.82. The van der Waals surface area contributed by atoms with Gasteiger partial charge in [0.15, 0.2) is 0 Å². The normalized spacial score (nSPS) is 24.9. The molecule has 0 spiro atoms. The number of nitro groups is 1. The van der Waals surface area contributed by atoms with E-state index in [1.165, 1.54) is 40.9 Å². The highest BCUT2D eigenvalue weighted by atomic mass is 35.5. The Morgan fingerprint density at radius 2 is 2.00 bits per heavy atom. The molecule has 1 unspecified atom stereocenters. The summed E-state index contributed by atoms with van der Waals surface area (Å²) in [7, 11) is 0. The van der Waals surface area contributed by atoms with Crippen LogP contribution in [0.3, 0.4) is 0 Å². The zero-order chi connectivity index (χ0) is 20.6. The summed E-state index contributed by atoms with van der Waals surface area (Å²) >= 11 is 6.89. The van der Waals surface area contributed by atoms with E-state index in [0.29, 0.717) is 5.56 Å². The second-order valence-corrected chi connectivity index (χ2v) is 9.01. The van der Waals surface area contributed by atoms with Gasteiger partial charge in [-0.3, -0.25) is 19.7 Å². The second-order valence-electron chi connectivity index (χ2n) is 6.97. The van der Waals surface area contributed by atoms with Gasteiger partial charge in [-0.1, -0.05) is 0 Å². The minimum absolute atomic E-state index is 0.0533. The lowest BCUT2D eigenvalue weighted by molar-refractivity contribution is -0.384. The Balaban J connectivity index is 1.65. The number of rotatable bonds is 6. The third kappa shape index (κ3) is 3.66. The van der Waals surface area contributed by atoms with Gasteiger partial charge in [0.25, 0.3) is 5.69 Å². The molecule has 150 valence electrons. The van der Waals surface area contributed by atoms with Crippen molar-refractivity contribution in [1.29, 1.82) is 0 Å². The molecule has 2 heterocycles. The molecule has 1 aromatic rings. The molecule has 1 N–H and O–H groups in total. The van der Waals surface area contributed by atoms with E-state index in [1.54, 1.807) is 0 Å². The third-order valence-electron chi connectivity index (χ3n) is 4.63. The number of carbonyl (C=O) groups is 3. The van der Waals surface area contributed by atoms with Crippen LogP contribution in [0.15, 0.2) is 24.3 Å². The molecule has 2 fully saturated rings. The van der Waals surface area contributed by atoms with E-state index in [4.69, 9.17) is 16.3 Å². The molecule has 0 bridgehead atoms. The van der Waals surface area contributed by atoms with Gasteiger partial charge < -0.3 is 15.0 Å². The number of hydrogen-bond donors (Lipinski definition) is 1. The molecule has 9 nitrogen and oxygen atoms in total. The molecule has 3 rings (SSSR count). The van der Waals surface area contributed by atoms with Gasteiger partial charge >= 0.3 is 5.97 Å². The molecule has 0 saturated carbocycles. The molecule has 0 aromatic heterocycles. The maximum absolute atomic E-state index is 12.7. The average molecular weight is 428 g/mol. The lowest BCUT2D eigenvalue weighted by Crippen LogP contribution is -2.70. The number of fused-ring (bicyclic) bond motifs is 1. The van der Waals surface area contributed by atoms with Gasteiger partial charge in [0, 0.05) is 16.9 Å². The molecule has 2 aliphatic heterocycles. The number of nitro benzene ring substituents is 1. The smallest absolute Gasteiger partial charge is 0.330 e. The minimum atomic E-state index is -0.794. The number of non-ortho nitro benzene ring substituents is 1. The Bertz CT molecular complexity index is 831. The number of ether oxygens (including phenoxy) is 1. The number of thioether (sulfide) groups is 1. The Hall–Kier alpha value is -2.33. The summed E-state index contributed by atoms with van der Waals surface area (Å²) in [4.78, 5) is 48.2. The highest BCUT2D eigenvalue weighted by Gasteiger charge is 2.64. The van der Waals surface area contributed by atoms with Crippen LogP contribution in [-0.2, 0) is 25.7 Å². The SMILES string of the molecule is CC1(C)S[C@@H]2C(NC(=O)CCl)C(=O)N2[C@H]1C(=O)OCc1ccc([N+](=O)[O-])cc1. The zero-order valence-electron chi connectivity index (χ0n) is 15.1. The first kappa shape index (κ1) is 20.4. The number of halogens is 1. The van der Waals surface area contributed by atoms with Crippen molar-refractivity contribution in [2.24, 2.45) is 0 Å². The number of amides is 2. The molecule has 28 heavy (non-hydrogen) atoms. The van der Waals surface area contributed by atoms with Crippen LogP contribution in [0, 0.1) is 10.1 Å². The number of esters is 1. The van der Waals surface area contributed by atoms with Crippen molar-refractivity contribution in [3.05, 3.63) is 39.9 Å². The van der Waals surface area contributed by atoms with Crippen LogP contribution in [0.25, 0.3) is 0 Å². The lowest BCUT2D eigenvalue weighted by Gasteiger charge is -2.43. The summed E-state index contributed by atoms with van der Waals surface area (Å²) in [6.45, 7) is 3.61. The molecular weight excluding hydrogens is 410 g/mol. The van der Waals surface area contributed by atoms with E-state index < -0.39 is 33.6 Å². The predicted octanol–water partition coefficient (Wildman–Crippen LogP) is 1.42. The van der Waals surface area contributed by atoms with Crippen LogP contribution in [0.5, 0.6) is 0 Å². The number of nitrogens with zero attached hydrogens (tertiary/aromatic N) is 2. The largest absolute Gasteiger partial charge is 0.459 e.